The molecule has 2 saturated carbocycles. The lowest BCUT2D eigenvalue weighted by atomic mass is 9.86. The molecule has 0 aromatic heterocycles. The molecule has 1 aromatic carbocycles. The van der Waals surface area contributed by atoms with Crippen LogP contribution in [0.5, 0.6) is 5.75 Å². The van der Waals surface area contributed by atoms with E-state index in [0.29, 0.717) is 17.7 Å². The number of fused-ring (bicyclic) bond motifs is 2. The second kappa shape index (κ2) is 8.02. The predicted molar refractivity (Wildman–Crippen MR) is 104 cm³/mol. The number of amides is 1. The average molecular weight is 356 g/mol. The second-order valence-corrected chi connectivity index (χ2v) is 8.67. The van der Waals surface area contributed by atoms with Crippen molar-refractivity contribution in [2.75, 3.05) is 19.7 Å². The summed E-state index contributed by atoms with van der Waals surface area (Å²) in [6, 6.07) is 8.54. The Labute approximate surface area is 158 Å². The number of carbonyl (C=O) groups is 1. The predicted octanol–water partition coefficient (Wildman–Crippen LogP) is 4.69. The van der Waals surface area contributed by atoms with Crippen molar-refractivity contribution >= 4 is 5.91 Å². The summed E-state index contributed by atoms with van der Waals surface area (Å²) in [6.07, 6.45) is 9.94. The first-order chi connectivity index (χ1) is 12.7. The number of likely N-dealkylation sites (tertiary alicyclic amines) is 1. The molecule has 1 saturated heterocycles. The van der Waals surface area contributed by atoms with Gasteiger partial charge < -0.3 is 9.64 Å². The lowest BCUT2D eigenvalue weighted by molar-refractivity contribution is -0.138. The van der Waals surface area contributed by atoms with Crippen molar-refractivity contribution in [3.63, 3.8) is 0 Å². The molecule has 1 amide bonds. The zero-order valence-electron chi connectivity index (χ0n) is 16.2. The number of carbonyl (C=O) groups excluding carboxylic acids is 1. The topological polar surface area (TPSA) is 29.5 Å². The van der Waals surface area contributed by atoms with Crippen LogP contribution in [0.4, 0.5) is 0 Å². The van der Waals surface area contributed by atoms with Gasteiger partial charge in [0.1, 0.15) is 5.75 Å². The van der Waals surface area contributed by atoms with E-state index in [1.807, 2.05) is 6.92 Å². The highest BCUT2D eigenvalue weighted by Gasteiger charge is 2.44. The molecule has 2 bridgehead atoms. The molecule has 1 heterocycles. The van der Waals surface area contributed by atoms with Crippen LogP contribution in [0.1, 0.15) is 57.4 Å². The Hall–Kier alpha value is -1.51. The fourth-order valence-electron chi connectivity index (χ4n) is 5.51. The average Bonchev–Trinajstić information content (AvgIpc) is 3.31. The number of hydrogen-bond acceptors (Lipinski definition) is 2. The molecule has 3 heteroatoms. The summed E-state index contributed by atoms with van der Waals surface area (Å²) in [5, 5.41) is 0. The van der Waals surface area contributed by atoms with Crippen LogP contribution in [-0.4, -0.2) is 30.5 Å². The van der Waals surface area contributed by atoms with Gasteiger partial charge in [-0.2, -0.15) is 0 Å². The first-order valence-corrected chi connectivity index (χ1v) is 10.7. The van der Waals surface area contributed by atoms with Crippen LogP contribution in [0.2, 0.25) is 0 Å². The molecule has 3 nitrogen and oxygen atoms in total. The molecule has 3 atom stereocenters. The maximum absolute atomic E-state index is 12.9. The van der Waals surface area contributed by atoms with Crippen LogP contribution in [0.15, 0.2) is 24.3 Å². The third-order valence-electron chi connectivity index (χ3n) is 7.06. The number of aryl methyl sites for hydroxylation is 1. The van der Waals surface area contributed by atoms with Gasteiger partial charge in [0.25, 0.3) is 0 Å². The van der Waals surface area contributed by atoms with E-state index in [0.717, 1.165) is 43.7 Å². The Morgan fingerprint density at radius 2 is 1.85 bits per heavy atom. The van der Waals surface area contributed by atoms with Gasteiger partial charge in [-0.15, -0.1) is 0 Å². The third kappa shape index (κ3) is 3.92. The number of piperidine rings is 1. The molecule has 26 heavy (non-hydrogen) atoms. The van der Waals surface area contributed by atoms with Crippen molar-refractivity contribution in [3.05, 3.63) is 29.8 Å². The number of rotatable bonds is 6. The van der Waals surface area contributed by atoms with E-state index in [2.05, 4.69) is 29.2 Å². The number of hydrogen-bond donors (Lipinski definition) is 0. The maximum Gasteiger partial charge on any atom is 0.225 e. The van der Waals surface area contributed by atoms with Crippen molar-refractivity contribution < 1.29 is 9.53 Å². The molecule has 1 aliphatic heterocycles. The summed E-state index contributed by atoms with van der Waals surface area (Å²) in [7, 11) is 0. The van der Waals surface area contributed by atoms with Gasteiger partial charge in [0.2, 0.25) is 5.91 Å². The van der Waals surface area contributed by atoms with Crippen LogP contribution in [-0.2, 0) is 11.2 Å². The molecule has 0 spiro atoms. The summed E-state index contributed by atoms with van der Waals surface area (Å²) >= 11 is 0. The fraction of sp³-hybridized carbons (Fsp3) is 0.696. The number of ether oxygens (including phenoxy) is 1. The first kappa shape index (κ1) is 17.9. The van der Waals surface area contributed by atoms with E-state index in [-0.39, 0.29) is 0 Å². The van der Waals surface area contributed by atoms with Gasteiger partial charge in [0, 0.05) is 19.0 Å². The minimum atomic E-state index is 0.370. The standard InChI is InChI=1S/C23H33NO2/c1-2-26-21-9-6-17(7-10-21)3-4-18-11-13-24(14-12-18)23(25)22-16-19-5-8-20(22)15-19/h6-7,9-10,18-20,22H,2-5,8,11-16H2,1H3/t19-,20-,22+/m0/s1. The second-order valence-electron chi connectivity index (χ2n) is 8.67. The monoisotopic (exact) mass is 355 g/mol. The molecule has 0 radical (unpaired) electrons. The van der Waals surface area contributed by atoms with Gasteiger partial charge in [0.05, 0.1) is 6.61 Å². The molecule has 1 aromatic rings. The third-order valence-corrected chi connectivity index (χ3v) is 7.06. The zero-order valence-corrected chi connectivity index (χ0v) is 16.2. The van der Waals surface area contributed by atoms with Crippen molar-refractivity contribution in [1.82, 2.24) is 4.90 Å². The minimum absolute atomic E-state index is 0.370. The van der Waals surface area contributed by atoms with Gasteiger partial charge in [0.15, 0.2) is 0 Å². The van der Waals surface area contributed by atoms with Gasteiger partial charge in [-0.25, -0.2) is 0 Å². The lowest BCUT2D eigenvalue weighted by Crippen LogP contribution is -2.43. The Morgan fingerprint density at radius 3 is 2.46 bits per heavy atom. The van der Waals surface area contributed by atoms with E-state index in [1.54, 1.807) is 0 Å². The smallest absolute Gasteiger partial charge is 0.225 e. The largest absolute Gasteiger partial charge is 0.494 e. The number of nitrogens with zero attached hydrogens (tertiary/aromatic N) is 1. The highest BCUT2D eigenvalue weighted by Crippen LogP contribution is 2.49. The van der Waals surface area contributed by atoms with E-state index in [1.165, 1.54) is 50.5 Å². The van der Waals surface area contributed by atoms with E-state index in [9.17, 15) is 4.79 Å². The van der Waals surface area contributed by atoms with Crippen LogP contribution >= 0.6 is 0 Å². The summed E-state index contributed by atoms with van der Waals surface area (Å²) < 4.78 is 5.51. The van der Waals surface area contributed by atoms with Gasteiger partial charge >= 0.3 is 0 Å². The lowest BCUT2D eigenvalue weighted by Gasteiger charge is -2.35. The first-order valence-electron chi connectivity index (χ1n) is 10.7. The van der Waals surface area contributed by atoms with Crippen LogP contribution in [0, 0.1) is 23.7 Å². The minimum Gasteiger partial charge on any atom is -0.494 e. The number of benzene rings is 1. The molecule has 4 rings (SSSR count). The van der Waals surface area contributed by atoms with Crippen molar-refractivity contribution in [1.29, 1.82) is 0 Å². The SMILES string of the molecule is CCOc1ccc(CCC2CCN(C(=O)[C@@H]3C[C@H]4CC[C@H]3C4)CC2)cc1. The van der Waals surface area contributed by atoms with Crippen molar-refractivity contribution in [2.24, 2.45) is 23.7 Å². The fourth-order valence-corrected chi connectivity index (χ4v) is 5.51. The van der Waals surface area contributed by atoms with Crippen LogP contribution < -0.4 is 4.74 Å². The molecule has 2 aliphatic carbocycles. The summed E-state index contributed by atoms with van der Waals surface area (Å²) in [4.78, 5) is 15.1. The Balaban J connectivity index is 1.20. The normalized spacial score (nSPS) is 28.5. The molecule has 0 unspecified atom stereocenters. The van der Waals surface area contributed by atoms with Crippen LogP contribution in [0.3, 0.4) is 0 Å². The maximum atomic E-state index is 12.9. The Bertz CT molecular complexity index is 603. The highest BCUT2D eigenvalue weighted by molar-refractivity contribution is 5.79. The summed E-state index contributed by atoms with van der Waals surface area (Å²) in [5.74, 6) is 4.16. The summed E-state index contributed by atoms with van der Waals surface area (Å²) in [5.41, 5.74) is 1.40. The highest BCUT2D eigenvalue weighted by atomic mass is 16.5. The molecule has 0 N–H and O–H groups in total. The van der Waals surface area contributed by atoms with Crippen molar-refractivity contribution in [3.8, 4) is 5.75 Å². The van der Waals surface area contributed by atoms with E-state index < -0.39 is 0 Å². The summed E-state index contributed by atoms with van der Waals surface area (Å²) in [6.45, 7) is 4.71. The Morgan fingerprint density at radius 1 is 1.08 bits per heavy atom. The zero-order chi connectivity index (χ0) is 17.9. The van der Waals surface area contributed by atoms with Crippen LogP contribution in [0.25, 0.3) is 0 Å². The van der Waals surface area contributed by atoms with Gasteiger partial charge in [-0.3, -0.25) is 4.79 Å². The molecule has 3 fully saturated rings. The van der Waals surface area contributed by atoms with Crippen molar-refractivity contribution in [2.45, 2.75) is 58.3 Å². The quantitative estimate of drug-likeness (QED) is 0.741. The van der Waals surface area contributed by atoms with Gasteiger partial charge in [-0.1, -0.05) is 18.6 Å². The molecular formula is C23H33NO2. The van der Waals surface area contributed by atoms with E-state index >= 15 is 0 Å². The van der Waals surface area contributed by atoms with E-state index in [4.69, 9.17) is 4.74 Å². The molecular weight excluding hydrogens is 322 g/mol. The van der Waals surface area contributed by atoms with Gasteiger partial charge in [-0.05, 0) is 87.3 Å². The molecule has 142 valence electrons. The Kier molecular flexibility index (Phi) is 5.52. The molecule has 3 aliphatic rings.